The zero-order chi connectivity index (χ0) is 45.3. The highest BCUT2D eigenvalue weighted by atomic mass is 35.5. The molecule has 0 unspecified atom stereocenters. The van der Waals surface area contributed by atoms with Gasteiger partial charge in [-0.3, -0.25) is 4.79 Å². The Hall–Kier alpha value is -4.84. The third-order valence-corrected chi connectivity index (χ3v) is 13.2. The predicted molar refractivity (Wildman–Crippen MR) is 239 cm³/mol. The summed E-state index contributed by atoms with van der Waals surface area (Å²) in [5, 5.41) is 17.6. The van der Waals surface area contributed by atoms with Gasteiger partial charge < -0.3 is 48.9 Å². The van der Waals surface area contributed by atoms with Crippen molar-refractivity contribution in [2.45, 2.75) is 127 Å². The molecule has 63 heavy (non-hydrogen) atoms. The molecule has 2 atom stereocenters. The van der Waals surface area contributed by atoms with E-state index in [1.165, 1.54) is 11.8 Å². The van der Waals surface area contributed by atoms with Crippen molar-refractivity contribution < 1.29 is 38.4 Å². The van der Waals surface area contributed by atoms with Crippen molar-refractivity contribution in [1.29, 1.82) is 0 Å². The van der Waals surface area contributed by atoms with Crippen molar-refractivity contribution in [3.05, 3.63) is 59.1 Å². The number of carbonyl (C=O) groups excluding carboxylic acids is 3. The van der Waals surface area contributed by atoms with Gasteiger partial charge in [-0.25, -0.2) is 24.5 Å². The van der Waals surface area contributed by atoms with Crippen LogP contribution in [0.25, 0.3) is 16.9 Å². The number of fused-ring (bicyclic) bond motifs is 1. The second-order valence-corrected chi connectivity index (χ2v) is 20.0. The maximum Gasteiger partial charge on any atom is 0.407 e. The van der Waals surface area contributed by atoms with Gasteiger partial charge in [-0.05, 0) is 111 Å². The van der Waals surface area contributed by atoms with Crippen LogP contribution < -0.4 is 20.3 Å². The fraction of sp³-hybridized carbons (Fsp3) is 0.556. The zero-order valence-electron chi connectivity index (χ0n) is 37.3. The molecule has 0 saturated carbocycles. The van der Waals surface area contributed by atoms with Gasteiger partial charge in [0, 0.05) is 60.5 Å². The lowest BCUT2D eigenvalue weighted by Gasteiger charge is -2.43. The number of aryl methyl sites for hydroxylation is 1. The summed E-state index contributed by atoms with van der Waals surface area (Å²) < 4.78 is 24.7. The number of benzene rings is 1. The summed E-state index contributed by atoms with van der Waals surface area (Å²) in [6.07, 6.45) is 5.58. The number of nitrogens with zero attached hydrogens (tertiary/aromatic N) is 6. The molecule has 3 aliphatic rings. The Kier molecular flexibility index (Phi) is 13.7. The van der Waals surface area contributed by atoms with E-state index in [2.05, 4.69) is 15.5 Å². The largest absolute Gasteiger partial charge is 0.484 e. The van der Waals surface area contributed by atoms with Gasteiger partial charge in [-0.1, -0.05) is 23.4 Å². The summed E-state index contributed by atoms with van der Waals surface area (Å²) in [5.74, 6) is 1.09. The summed E-state index contributed by atoms with van der Waals surface area (Å²) in [6.45, 7) is 17.4. The summed E-state index contributed by atoms with van der Waals surface area (Å²) in [5.41, 5.74) is 1.91. The fourth-order valence-corrected chi connectivity index (χ4v) is 9.50. The third kappa shape index (κ3) is 11.1. The standard InChI is InChI=1S/C45H59ClN8O8S/c1-27-40(50-33(24-55)38(47-27)53-21-16-45(17-22-53)26-60-28(2)37(45)51-42(58)62-44(6,7)8)63-34-15-20-54-23-32(49-39(54)36(34)46)29-9-11-31(12-10-29)59-25-35(56)52-18-13-30(14-19-52)48-41(57)61-43(3,4)5/h9-12,15,20,23,28,30,37,55H,13-14,16-19,21-22,24-26H2,1-8H3,(H,48,57)(H,51,58)/t28-,37+/m0/s1. The maximum absolute atomic E-state index is 12.9. The molecule has 7 rings (SSSR count). The number of nitrogens with one attached hydrogen (secondary N) is 2. The first-order valence-corrected chi connectivity index (χ1v) is 22.7. The Balaban J connectivity index is 0.947. The van der Waals surface area contributed by atoms with Gasteiger partial charge in [-0.15, -0.1) is 0 Å². The fourth-order valence-electron chi connectivity index (χ4n) is 8.31. The van der Waals surface area contributed by atoms with E-state index in [1.807, 2.05) is 103 Å². The first-order chi connectivity index (χ1) is 29.8. The summed E-state index contributed by atoms with van der Waals surface area (Å²) in [4.78, 5) is 57.1. The molecule has 3 fully saturated rings. The van der Waals surface area contributed by atoms with E-state index in [-0.39, 0.29) is 42.7 Å². The van der Waals surface area contributed by atoms with Gasteiger partial charge in [0.1, 0.15) is 27.7 Å². The number of aliphatic hydroxyl groups is 1. The van der Waals surface area contributed by atoms with Gasteiger partial charge in [0.2, 0.25) is 0 Å². The van der Waals surface area contributed by atoms with Crippen molar-refractivity contribution >= 4 is 52.9 Å². The monoisotopic (exact) mass is 906 g/mol. The number of aliphatic hydroxyl groups excluding tert-OH is 1. The first-order valence-electron chi connectivity index (χ1n) is 21.5. The lowest BCUT2D eigenvalue weighted by Crippen LogP contribution is -2.55. The molecule has 3 N–H and O–H groups in total. The minimum atomic E-state index is -0.601. The lowest BCUT2D eigenvalue weighted by molar-refractivity contribution is -0.134. The molecule has 3 saturated heterocycles. The number of piperidine rings is 2. The second-order valence-electron chi connectivity index (χ2n) is 18.6. The molecule has 6 heterocycles. The average Bonchev–Trinajstić information content (AvgIpc) is 3.79. The minimum Gasteiger partial charge on any atom is -0.484 e. The molecule has 1 aromatic carbocycles. The van der Waals surface area contributed by atoms with Crippen LogP contribution >= 0.6 is 23.4 Å². The van der Waals surface area contributed by atoms with Crippen LogP contribution in [-0.4, -0.2) is 116 Å². The van der Waals surface area contributed by atoms with Crippen molar-refractivity contribution in [3.63, 3.8) is 0 Å². The van der Waals surface area contributed by atoms with Crippen LogP contribution in [0.15, 0.2) is 52.6 Å². The Morgan fingerprint density at radius 3 is 2.22 bits per heavy atom. The van der Waals surface area contributed by atoms with Gasteiger partial charge in [-0.2, -0.15) is 0 Å². The molecule has 3 aromatic heterocycles. The highest BCUT2D eigenvalue weighted by Gasteiger charge is 2.51. The average molecular weight is 908 g/mol. The van der Waals surface area contributed by atoms with E-state index in [1.54, 1.807) is 4.90 Å². The molecule has 16 nitrogen and oxygen atoms in total. The molecular formula is C45H59ClN8O8S. The van der Waals surface area contributed by atoms with Crippen LogP contribution in [0.4, 0.5) is 15.4 Å². The van der Waals surface area contributed by atoms with Gasteiger partial charge in [0.05, 0.1) is 41.8 Å². The number of amides is 3. The van der Waals surface area contributed by atoms with Gasteiger partial charge in [0.25, 0.3) is 5.91 Å². The van der Waals surface area contributed by atoms with Crippen LogP contribution in [0.5, 0.6) is 5.75 Å². The van der Waals surface area contributed by atoms with Crippen LogP contribution in [-0.2, 0) is 25.6 Å². The van der Waals surface area contributed by atoms with Crippen molar-refractivity contribution in [1.82, 2.24) is 34.9 Å². The quantitative estimate of drug-likeness (QED) is 0.146. The number of pyridine rings is 1. The summed E-state index contributed by atoms with van der Waals surface area (Å²) in [7, 11) is 0. The lowest BCUT2D eigenvalue weighted by atomic mass is 9.73. The van der Waals surface area contributed by atoms with Crippen molar-refractivity contribution in [2.75, 3.05) is 44.3 Å². The van der Waals surface area contributed by atoms with Crippen LogP contribution in [0.1, 0.15) is 85.5 Å². The molecule has 0 aliphatic carbocycles. The molecule has 4 aromatic rings. The third-order valence-electron chi connectivity index (χ3n) is 11.5. The van der Waals surface area contributed by atoms with E-state index < -0.39 is 23.4 Å². The highest BCUT2D eigenvalue weighted by molar-refractivity contribution is 7.99. The topological polar surface area (TPSA) is 182 Å². The number of hydrogen-bond donors (Lipinski definition) is 3. The molecule has 18 heteroatoms. The van der Waals surface area contributed by atoms with Crippen molar-refractivity contribution in [3.8, 4) is 17.0 Å². The number of rotatable bonds is 10. The number of alkyl carbamates (subject to hydrolysis) is 2. The molecular weight excluding hydrogens is 848 g/mol. The predicted octanol–water partition coefficient (Wildman–Crippen LogP) is 7.19. The number of likely N-dealkylation sites (tertiary alicyclic amines) is 1. The van der Waals surface area contributed by atoms with E-state index in [9.17, 15) is 19.5 Å². The number of halogens is 1. The van der Waals surface area contributed by atoms with Crippen LogP contribution in [0.3, 0.4) is 0 Å². The highest BCUT2D eigenvalue weighted by Crippen LogP contribution is 2.44. The maximum atomic E-state index is 12.9. The Bertz CT molecular complexity index is 2300. The van der Waals surface area contributed by atoms with Crippen LogP contribution in [0.2, 0.25) is 5.02 Å². The van der Waals surface area contributed by atoms with Crippen molar-refractivity contribution in [2.24, 2.45) is 5.41 Å². The SMILES string of the molecule is Cc1nc(N2CCC3(CC2)CO[C@@H](C)[C@H]3NC(=O)OC(C)(C)C)c(CO)nc1Sc1ccn2cc(-c3ccc(OCC(=O)N4CCC(NC(=O)OC(C)(C)C)CC4)cc3)nc2c1Cl. The molecule has 1 spiro atoms. The van der Waals surface area contributed by atoms with E-state index in [0.717, 1.165) is 23.3 Å². The van der Waals surface area contributed by atoms with E-state index in [0.29, 0.717) is 90.0 Å². The number of hydrogen-bond acceptors (Lipinski definition) is 13. The number of aromatic nitrogens is 4. The summed E-state index contributed by atoms with van der Waals surface area (Å²) in [6, 6.07) is 9.07. The molecule has 0 radical (unpaired) electrons. The zero-order valence-corrected chi connectivity index (χ0v) is 38.9. The summed E-state index contributed by atoms with van der Waals surface area (Å²) >= 11 is 8.36. The Morgan fingerprint density at radius 2 is 1.59 bits per heavy atom. The molecule has 3 amide bonds. The molecule has 3 aliphatic heterocycles. The van der Waals surface area contributed by atoms with E-state index in [4.69, 9.17) is 45.5 Å². The van der Waals surface area contributed by atoms with Crippen LogP contribution in [0, 0.1) is 12.3 Å². The smallest absolute Gasteiger partial charge is 0.407 e. The van der Waals surface area contributed by atoms with Gasteiger partial charge >= 0.3 is 12.2 Å². The normalized spacial score (nSPS) is 19.3. The molecule has 0 bridgehead atoms. The Morgan fingerprint density at radius 1 is 0.937 bits per heavy atom. The molecule has 340 valence electrons. The number of anilines is 1. The second kappa shape index (κ2) is 18.7. The first kappa shape index (κ1) is 46.2. The van der Waals surface area contributed by atoms with E-state index >= 15 is 0 Å². The Labute approximate surface area is 377 Å². The van der Waals surface area contributed by atoms with Gasteiger partial charge in [0.15, 0.2) is 18.1 Å². The number of ether oxygens (including phenoxy) is 4. The minimum absolute atomic E-state index is 0.0426. The number of carbonyl (C=O) groups is 3. The number of imidazole rings is 1.